The number of aryl methyl sites for hydroxylation is 1. The van der Waals surface area contributed by atoms with Gasteiger partial charge in [0.05, 0.1) is 13.2 Å². The first kappa shape index (κ1) is 16.0. The van der Waals surface area contributed by atoms with Gasteiger partial charge in [-0.3, -0.25) is 4.90 Å². The lowest BCUT2D eigenvalue weighted by atomic mass is 10.0. The lowest BCUT2D eigenvalue weighted by Crippen LogP contribution is -2.36. The Balaban J connectivity index is 1.43. The predicted molar refractivity (Wildman–Crippen MR) is 96.6 cm³/mol. The zero-order valence-electron chi connectivity index (χ0n) is 14.8. The second-order valence-electron chi connectivity index (χ2n) is 7.39. The molecular formula is C20H28N2O2. The Morgan fingerprint density at radius 1 is 1.21 bits per heavy atom. The molecule has 1 saturated heterocycles. The van der Waals surface area contributed by atoms with Crippen LogP contribution in [0.15, 0.2) is 18.3 Å². The summed E-state index contributed by atoms with van der Waals surface area (Å²) in [6.07, 6.45) is 7.54. The quantitative estimate of drug-likeness (QED) is 0.874. The molecule has 0 unspecified atom stereocenters. The summed E-state index contributed by atoms with van der Waals surface area (Å²) in [5.41, 5.74) is 3.77. The van der Waals surface area contributed by atoms with Gasteiger partial charge in [-0.2, -0.15) is 0 Å². The van der Waals surface area contributed by atoms with Crippen LogP contribution in [-0.4, -0.2) is 42.8 Å². The van der Waals surface area contributed by atoms with Crippen LogP contribution in [0.4, 0.5) is 0 Å². The van der Waals surface area contributed by atoms with E-state index in [4.69, 9.17) is 9.47 Å². The van der Waals surface area contributed by atoms with Crippen LogP contribution in [0.3, 0.4) is 0 Å². The maximum Gasteiger partial charge on any atom is 0.124 e. The van der Waals surface area contributed by atoms with Gasteiger partial charge >= 0.3 is 0 Å². The van der Waals surface area contributed by atoms with E-state index >= 15 is 0 Å². The highest BCUT2D eigenvalue weighted by molar-refractivity contribution is 5.88. The Morgan fingerprint density at radius 3 is 2.71 bits per heavy atom. The molecular weight excluding hydrogens is 300 g/mol. The Bertz CT molecular complexity index is 697. The average Bonchev–Trinajstić information content (AvgIpc) is 3.30. The van der Waals surface area contributed by atoms with Crippen molar-refractivity contribution in [3.8, 4) is 5.75 Å². The van der Waals surface area contributed by atoms with Gasteiger partial charge in [0, 0.05) is 48.9 Å². The average molecular weight is 328 g/mol. The number of fused-ring (bicyclic) bond motifs is 1. The highest BCUT2D eigenvalue weighted by Gasteiger charge is 2.26. The van der Waals surface area contributed by atoms with Gasteiger partial charge in [-0.25, -0.2) is 0 Å². The van der Waals surface area contributed by atoms with Gasteiger partial charge in [-0.1, -0.05) is 0 Å². The van der Waals surface area contributed by atoms with E-state index in [1.165, 1.54) is 34.9 Å². The van der Waals surface area contributed by atoms with Crippen molar-refractivity contribution in [3.63, 3.8) is 0 Å². The second-order valence-corrected chi connectivity index (χ2v) is 7.39. The molecule has 2 heterocycles. The lowest BCUT2D eigenvalue weighted by Gasteiger charge is -2.32. The molecule has 2 fully saturated rings. The van der Waals surface area contributed by atoms with E-state index in [-0.39, 0.29) is 0 Å². The molecule has 0 radical (unpaired) electrons. The van der Waals surface area contributed by atoms with Crippen molar-refractivity contribution in [2.45, 2.75) is 45.3 Å². The first-order chi connectivity index (χ1) is 11.7. The third kappa shape index (κ3) is 3.31. The molecule has 1 saturated carbocycles. The number of nitrogens with zero attached hydrogens (tertiary/aromatic N) is 1. The van der Waals surface area contributed by atoms with Crippen molar-refractivity contribution >= 4 is 10.9 Å². The van der Waals surface area contributed by atoms with Gasteiger partial charge in [-0.15, -0.1) is 0 Å². The number of rotatable bonds is 6. The minimum atomic E-state index is 0.467. The molecule has 0 spiro atoms. The van der Waals surface area contributed by atoms with Crippen LogP contribution in [0.1, 0.15) is 36.8 Å². The maximum atomic E-state index is 6.07. The number of piperidine rings is 1. The number of hydrogen-bond donors (Lipinski definition) is 1. The minimum Gasteiger partial charge on any atom is -0.496 e. The number of aromatic amines is 1. The van der Waals surface area contributed by atoms with Crippen molar-refractivity contribution in [1.82, 2.24) is 9.88 Å². The van der Waals surface area contributed by atoms with Crippen LogP contribution < -0.4 is 4.74 Å². The number of hydrogen-bond acceptors (Lipinski definition) is 3. The summed E-state index contributed by atoms with van der Waals surface area (Å²) in [6, 6.07) is 4.32. The largest absolute Gasteiger partial charge is 0.496 e. The van der Waals surface area contributed by atoms with E-state index in [0.29, 0.717) is 6.10 Å². The molecule has 2 aromatic rings. The normalized spacial score (nSPS) is 19.9. The second kappa shape index (κ2) is 6.77. The number of methoxy groups -OCH3 is 1. The zero-order valence-corrected chi connectivity index (χ0v) is 14.8. The smallest absolute Gasteiger partial charge is 0.124 e. The van der Waals surface area contributed by atoms with Gasteiger partial charge in [0.25, 0.3) is 0 Å². The SMILES string of the molecule is COc1cc(C)c2[nH]ccc2c1CN1CCC(OCC2CC2)CC1. The molecule has 2 aliphatic rings. The number of ether oxygens (including phenoxy) is 2. The summed E-state index contributed by atoms with van der Waals surface area (Å²) in [6.45, 7) is 6.29. The van der Waals surface area contributed by atoms with E-state index in [1.54, 1.807) is 7.11 Å². The highest BCUT2D eigenvalue weighted by Crippen LogP contribution is 2.33. The van der Waals surface area contributed by atoms with Crippen molar-refractivity contribution in [3.05, 3.63) is 29.5 Å². The molecule has 1 N–H and O–H groups in total. The van der Waals surface area contributed by atoms with Gasteiger partial charge in [0.2, 0.25) is 0 Å². The van der Waals surface area contributed by atoms with Gasteiger partial charge in [-0.05, 0) is 56.2 Å². The number of nitrogens with one attached hydrogen (secondary N) is 1. The van der Waals surface area contributed by atoms with Crippen molar-refractivity contribution in [2.75, 3.05) is 26.8 Å². The molecule has 1 aliphatic carbocycles. The van der Waals surface area contributed by atoms with E-state index < -0.39 is 0 Å². The van der Waals surface area contributed by atoms with E-state index in [2.05, 4.69) is 28.9 Å². The molecule has 1 aliphatic heterocycles. The highest BCUT2D eigenvalue weighted by atomic mass is 16.5. The Labute approximate surface area is 144 Å². The van der Waals surface area contributed by atoms with Crippen molar-refractivity contribution < 1.29 is 9.47 Å². The summed E-state index contributed by atoms with van der Waals surface area (Å²) in [5.74, 6) is 1.87. The summed E-state index contributed by atoms with van der Waals surface area (Å²) in [4.78, 5) is 5.90. The third-order valence-electron chi connectivity index (χ3n) is 5.51. The van der Waals surface area contributed by atoms with Crippen LogP contribution in [-0.2, 0) is 11.3 Å². The van der Waals surface area contributed by atoms with E-state index in [0.717, 1.165) is 50.8 Å². The summed E-state index contributed by atoms with van der Waals surface area (Å²) >= 11 is 0. The Hall–Kier alpha value is -1.52. The molecule has 4 heteroatoms. The van der Waals surface area contributed by atoms with E-state index in [9.17, 15) is 0 Å². The molecule has 0 bridgehead atoms. The van der Waals surface area contributed by atoms with Crippen molar-refractivity contribution in [2.24, 2.45) is 5.92 Å². The maximum absolute atomic E-state index is 6.07. The van der Waals surface area contributed by atoms with Gasteiger partial charge in [0.15, 0.2) is 0 Å². The minimum absolute atomic E-state index is 0.467. The molecule has 1 aromatic carbocycles. The Morgan fingerprint density at radius 2 is 2.00 bits per heavy atom. The molecule has 24 heavy (non-hydrogen) atoms. The summed E-state index contributed by atoms with van der Waals surface area (Å²) < 4.78 is 11.7. The molecule has 130 valence electrons. The third-order valence-corrected chi connectivity index (χ3v) is 5.51. The van der Waals surface area contributed by atoms with Crippen LogP contribution in [0.2, 0.25) is 0 Å². The van der Waals surface area contributed by atoms with E-state index in [1.807, 2.05) is 6.20 Å². The fourth-order valence-electron chi connectivity index (χ4n) is 3.80. The first-order valence-corrected chi connectivity index (χ1v) is 9.22. The zero-order chi connectivity index (χ0) is 16.5. The summed E-state index contributed by atoms with van der Waals surface area (Å²) in [7, 11) is 1.77. The number of likely N-dealkylation sites (tertiary alicyclic amines) is 1. The lowest BCUT2D eigenvalue weighted by molar-refractivity contribution is 0.000914. The molecule has 1 aromatic heterocycles. The van der Waals surface area contributed by atoms with Gasteiger partial charge in [0.1, 0.15) is 5.75 Å². The molecule has 4 nitrogen and oxygen atoms in total. The monoisotopic (exact) mass is 328 g/mol. The molecule has 0 atom stereocenters. The number of benzene rings is 1. The first-order valence-electron chi connectivity index (χ1n) is 9.22. The van der Waals surface area contributed by atoms with Crippen LogP contribution >= 0.6 is 0 Å². The standard InChI is InChI=1S/C20H28N2O2/c1-14-11-19(23-2)18(17-5-8-21-20(14)17)12-22-9-6-16(7-10-22)24-13-15-3-4-15/h5,8,11,15-16,21H,3-4,6-7,9-10,12-13H2,1-2H3. The van der Waals surface area contributed by atoms with Crippen molar-refractivity contribution in [1.29, 1.82) is 0 Å². The predicted octanol–water partition coefficient (Wildman–Crippen LogP) is 3.88. The molecule has 0 amide bonds. The topological polar surface area (TPSA) is 37.5 Å². The fraction of sp³-hybridized carbons (Fsp3) is 0.600. The van der Waals surface area contributed by atoms with Gasteiger partial charge < -0.3 is 14.5 Å². The van der Waals surface area contributed by atoms with Crippen LogP contribution in [0.25, 0.3) is 10.9 Å². The number of H-pyrrole nitrogens is 1. The van der Waals surface area contributed by atoms with Crippen LogP contribution in [0, 0.1) is 12.8 Å². The summed E-state index contributed by atoms with van der Waals surface area (Å²) in [5, 5.41) is 1.29. The van der Waals surface area contributed by atoms with Crippen LogP contribution in [0.5, 0.6) is 5.75 Å². The Kier molecular flexibility index (Phi) is 4.51. The number of aromatic nitrogens is 1. The fourth-order valence-corrected chi connectivity index (χ4v) is 3.80. The molecule has 4 rings (SSSR count).